The van der Waals surface area contributed by atoms with Crippen LogP contribution >= 0.6 is 34.9 Å². The summed E-state index contributed by atoms with van der Waals surface area (Å²) < 4.78 is 17.9. The summed E-state index contributed by atoms with van der Waals surface area (Å²) >= 11 is 8.19. The molecule has 0 unspecified atom stereocenters. The van der Waals surface area contributed by atoms with E-state index in [0.29, 0.717) is 34.0 Å². The molecule has 0 bridgehead atoms. The van der Waals surface area contributed by atoms with Gasteiger partial charge in [-0.05, 0) is 29.7 Å². The third-order valence-corrected chi connectivity index (χ3v) is 6.20. The highest BCUT2D eigenvalue weighted by molar-refractivity contribution is 7.71. The van der Waals surface area contributed by atoms with E-state index in [1.165, 1.54) is 17.4 Å². The lowest BCUT2D eigenvalue weighted by Gasteiger charge is -2.05. The molecule has 0 saturated heterocycles. The Morgan fingerprint density at radius 3 is 2.86 bits per heavy atom. The van der Waals surface area contributed by atoms with Gasteiger partial charge in [-0.2, -0.15) is 10.1 Å². The Bertz CT molecular complexity index is 1250. The Morgan fingerprint density at radius 2 is 2.07 bits per heavy atom. The van der Waals surface area contributed by atoms with Gasteiger partial charge < -0.3 is 4.57 Å². The lowest BCUT2D eigenvalue weighted by molar-refractivity contribution is -0.118. The number of aromatic nitrogens is 4. The van der Waals surface area contributed by atoms with Crippen molar-refractivity contribution in [3.05, 3.63) is 74.3 Å². The van der Waals surface area contributed by atoms with Crippen LogP contribution in [0.5, 0.6) is 0 Å². The van der Waals surface area contributed by atoms with Crippen molar-refractivity contribution in [3.8, 4) is 10.7 Å². The molecular weight excluding hydrogens is 429 g/mol. The number of nitrogens with one attached hydrogen (secondary N) is 1. The van der Waals surface area contributed by atoms with Gasteiger partial charge in [0.1, 0.15) is 5.82 Å². The van der Waals surface area contributed by atoms with E-state index in [1.54, 1.807) is 44.9 Å². The SMILES string of the molecule is O=C(CCn1c(-c2cccs2)n[nH]c1=S)N=c1sccn1Cc1ccccc1F. The van der Waals surface area contributed by atoms with E-state index in [0.717, 1.165) is 4.88 Å². The summed E-state index contributed by atoms with van der Waals surface area (Å²) in [6.07, 6.45) is 1.98. The van der Waals surface area contributed by atoms with Crippen LogP contribution in [-0.2, 0) is 17.9 Å². The van der Waals surface area contributed by atoms with E-state index in [9.17, 15) is 9.18 Å². The number of thiophene rings is 1. The van der Waals surface area contributed by atoms with Crippen LogP contribution in [0.4, 0.5) is 4.39 Å². The molecule has 1 aromatic carbocycles. The number of thiazole rings is 1. The van der Waals surface area contributed by atoms with Crippen molar-refractivity contribution in [3.63, 3.8) is 0 Å². The number of hydrogen-bond donors (Lipinski definition) is 1. The van der Waals surface area contributed by atoms with E-state index in [4.69, 9.17) is 12.2 Å². The standard InChI is InChI=1S/C19H16FN5OS3/c20-14-5-2-1-4-13(14)12-24-9-11-29-19(24)21-16(26)7-8-25-17(22-23-18(25)27)15-6-3-10-28-15/h1-6,9-11H,7-8,12H2,(H,23,27). The van der Waals surface area contributed by atoms with Gasteiger partial charge in [0.15, 0.2) is 15.4 Å². The smallest absolute Gasteiger partial charge is 0.250 e. The molecule has 6 nitrogen and oxygen atoms in total. The minimum Gasteiger partial charge on any atom is -0.319 e. The average Bonchev–Trinajstić information content (AvgIpc) is 3.44. The Morgan fingerprint density at radius 1 is 1.21 bits per heavy atom. The molecule has 0 saturated carbocycles. The number of halogens is 1. The van der Waals surface area contributed by atoms with Crippen molar-refractivity contribution in [2.24, 2.45) is 4.99 Å². The molecule has 1 amide bonds. The highest BCUT2D eigenvalue weighted by atomic mass is 32.1. The molecule has 4 aromatic rings. The topological polar surface area (TPSA) is 68.0 Å². The highest BCUT2D eigenvalue weighted by Gasteiger charge is 2.11. The largest absolute Gasteiger partial charge is 0.319 e. The molecule has 148 valence electrons. The first-order valence-corrected chi connectivity index (χ1v) is 10.9. The first kappa shape index (κ1) is 19.6. The molecule has 0 aliphatic rings. The number of carbonyl (C=O) groups is 1. The highest BCUT2D eigenvalue weighted by Crippen LogP contribution is 2.22. The van der Waals surface area contributed by atoms with Gasteiger partial charge in [0, 0.05) is 30.1 Å². The molecule has 0 aliphatic carbocycles. The molecule has 0 aliphatic heterocycles. The fourth-order valence-electron chi connectivity index (χ4n) is 2.81. The van der Waals surface area contributed by atoms with E-state index >= 15 is 0 Å². The van der Waals surface area contributed by atoms with Gasteiger partial charge in [0.2, 0.25) is 5.91 Å². The van der Waals surface area contributed by atoms with E-state index in [1.807, 2.05) is 22.9 Å². The normalized spacial score (nSPS) is 11.8. The predicted molar refractivity (Wildman–Crippen MR) is 114 cm³/mol. The lowest BCUT2D eigenvalue weighted by atomic mass is 10.2. The molecule has 0 spiro atoms. The Kier molecular flexibility index (Phi) is 5.93. The summed E-state index contributed by atoms with van der Waals surface area (Å²) in [5, 5.41) is 10.8. The van der Waals surface area contributed by atoms with E-state index in [-0.39, 0.29) is 18.1 Å². The second kappa shape index (κ2) is 8.76. The first-order valence-electron chi connectivity index (χ1n) is 8.76. The molecule has 0 radical (unpaired) electrons. The monoisotopic (exact) mass is 445 g/mol. The van der Waals surface area contributed by atoms with Gasteiger partial charge in [-0.15, -0.1) is 22.7 Å². The fraction of sp³-hybridized carbons (Fsp3) is 0.158. The third-order valence-electron chi connectivity index (χ3n) is 4.23. The van der Waals surface area contributed by atoms with Crippen LogP contribution in [0.3, 0.4) is 0 Å². The molecule has 1 N–H and O–H groups in total. The van der Waals surface area contributed by atoms with Crippen LogP contribution in [-0.4, -0.2) is 25.2 Å². The molecule has 29 heavy (non-hydrogen) atoms. The molecule has 0 atom stereocenters. The van der Waals surface area contributed by atoms with E-state index < -0.39 is 0 Å². The van der Waals surface area contributed by atoms with Gasteiger partial charge in [-0.3, -0.25) is 14.5 Å². The number of benzene rings is 1. The van der Waals surface area contributed by atoms with Gasteiger partial charge in [-0.1, -0.05) is 24.3 Å². The van der Waals surface area contributed by atoms with E-state index in [2.05, 4.69) is 15.2 Å². The van der Waals surface area contributed by atoms with Crippen molar-refractivity contribution in [1.82, 2.24) is 19.3 Å². The van der Waals surface area contributed by atoms with Crippen molar-refractivity contribution in [2.45, 2.75) is 19.5 Å². The van der Waals surface area contributed by atoms with Gasteiger partial charge in [0.25, 0.3) is 0 Å². The van der Waals surface area contributed by atoms with Gasteiger partial charge in [-0.25, -0.2) is 4.39 Å². The molecule has 0 fully saturated rings. The number of nitrogens with zero attached hydrogens (tertiary/aromatic N) is 4. The number of carbonyl (C=O) groups excluding carboxylic acids is 1. The maximum absolute atomic E-state index is 13.9. The van der Waals surface area contributed by atoms with Crippen LogP contribution in [0.15, 0.2) is 58.3 Å². The Balaban J connectivity index is 1.50. The number of hydrogen-bond acceptors (Lipinski definition) is 5. The summed E-state index contributed by atoms with van der Waals surface area (Å²) in [4.78, 5) is 18.2. The van der Waals surface area contributed by atoms with Crippen LogP contribution in [0, 0.1) is 10.6 Å². The zero-order valence-corrected chi connectivity index (χ0v) is 17.6. The summed E-state index contributed by atoms with van der Waals surface area (Å²) in [5.41, 5.74) is 0.546. The van der Waals surface area contributed by atoms with Crippen LogP contribution < -0.4 is 4.80 Å². The summed E-state index contributed by atoms with van der Waals surface area (Å²) in [7, 11) is 0. The molecule has 10 heteroatoms. The predicted octanol–water partition coefficient (Wildman–Crippen LogP) is 4.24. The van der Waals surface area contributed by atoms with Crippen molar-refractivity contribution in [2.75, 3.05) is 0 Å². The van der Waals surface area contributed by atoms with Crippen molar-refractivity contribution >= 4 is 40.8 Å². The molecule has 3 heterocycles. The molecular formula is C19H16FN5OS3. The zero-order chi connectivity index (χ0) is 20.2. The minimum atomic E-state index is -0.279. The molecule has 3 aromatic heterocycles. The minimum absolute atomic E-state index is 0.184. The van der Waals surface area contributed by atoms with Crippen LogP contribution in [0.2, 0.25) is 0 Å². The maximum atomic E-state index is 13.9. The number of rotatable bonds is 6. The summed E-state index contributed by atoms with van der Waals surface area (Å²) in [6.45, 7) is 0.696. The van der Waals surface area contributed by atoms with Crippen LogP contribution in [0.25, 0.3) is 10.7 Å². The molecule has 4 rings (SSSR count). The van der Waals surface area contributed by atoms with Gasteiger partial charge in [0.05, 0.1) is 11.4 Å². The number of H-pyrrole nitrogens is 1. The quantitative estimate of drug-likeness (QED) is 0.452. The number of aromatic amines is 1. The second-order valence-corrected chi connectivity index (χ2v) is 8.35. The third kappa shape index (κ3) is 4.50. The first-order chi connectivity index (χ1) is 14.1. The van der Waals surface area contributed by atoms with Crippen molar-refractivity contribution in [1.29, 1.82) is 0 Å². The second-order valence-electron chi connectivity index (χ2n) is 6.14. The Labute approximate surface area is 178 Å². The average molecular weight is 446 g/mol. The summed E-state index contributed by atoms with van der Waals surface area (Å²) in [6, 6.07) is 10.5. The van der Waals surface area contributed by atoms with Crippen LogP contribution in [0.1, 0.15) is 12.0 Å². The van der Waals surface area contributed by atoms with Crippen molar-refractivity contribution < 1.29 is 9.18 Å². The Hall–Kier alpha value is -2.69. The maximum Gasteiger partial charge on any atom is 0.250 e. The number of amides is 1. The zero-order valence-electron chi connectivity index (χ0n) is 15.1. The van der Waals surface area contributed by atoms with Gasteiger partial charge >= 0.3 is 0 Å². The fourth-order valence-corrected chi connectivity index (χ4v) is 4.50. The lowest BCUT2D eigenvalue weighted by Crippen LogP contribution is -2.18. The summed E-state index contributed by atoms with van der Waals surface area (Å²) in [5.74, 6) is 0.164.